The van der Waals surface area contributed by atoms with Crippen LogP contribution in [0.3, 0.4) is 0 Å². The number of amides is 2. The maximum absolute atomic E-state index is 12.8. The largest absolute Gasteiger partial charge is 0.457 e. The van der Waals surface area contributed by atoms with E-state index in [1.165, 1.54) is 29.5 Å². The number of thiophene rings is 1. The summed E-state index contributed by atoms with van der Waals surface area (Å²) in [5.74, 6) is -1.02. The Balaban J connectivity index is 1.51. The molecule has 0 unspecified atom stereocenters. The van der Waals surface area contributed by atoms with Gasteiger partial charge in [0.2, 0.25) is 0 Å². The first kappa shape index (κ1) is 23.7. The van der Waals surface area contributed by atoms with Crippen molar-refractivity contribution in [3.63, 3.8) is 0 Å². The number of para-hydroxylation sites is 1. The van der Waals surface area contributed by atoms with E-state index in [1.807, 2.05) is 0 Å². The van der Waals surface area contributed by atoms with Crippen LogP contribution < -0.4 is 16.3 Å². The highest BCUT2D eigenvalue weighted by Crippen LogP contribution is 2.23. The zero-order valence-electron chi connectivity index (χ0n) is 18.5. The number of carbonyl (C=O) groups excluding carboxylic acids is 3. The molecule has 0 bridgehead atoms. The van der Waals surface area contributed by atoms with Crippen LogP contribution in [0.2, 0.25) is 0 Å². The van der Waals surface area contributed by atoms with Gasteiger partial charge in [0.1, 0.15) is 12.2 Å². The first-order valence-corrected chi connectivity index (χ1v) is 11.5. The Morgan fingerprint density at radius 1 is 1.00 bits per heavy atom. The van der Waals surface area contributed by atoms with Crippen molar-refractivity contribution in [2.24, 2.45) is 0 Å². The zero-order valence-corrected chi connectivity index (χ0v) is 19.3. The number of ether oxygens (including phenoxy) is 2. The van der Waals surface area contributed by atoms with Gasteiger partial charge in [-0.25, -0.2) is 14.4 Å². The van der Waals surface area contributed by atoms with Crippen LogP contribution in [-0.4, -0.2) is 24.6 Å². The van der Waals surface area contributed by atoms with Gasteiger partial charge in [0.05, 0.1) is 23.4 Å². The quantitative estimate of drug-likeness (QED) is 0.274. The molecule has 9 nitrogen and oxygen atoms in total. The number of hydrogen-bond donors (Lipinski definition) is 2. The van der Waals surface area contributed by atoms with Gasteiger partial charge in [-0.1, -0.05) is 12.1 Å². The van der Waals surface area contributed by atoms with Crippen molar-refractivity contribution in [2.75, 3.05) is 17.2 Å². The molecule has 0 aliphatic rings. The van der Waals surface area contributed by atoms with Crippen molar-refractivity contribution in [1.82, 2.24) is 0 Å². The van der Waals surface area contributed by atoms with Crippen LogP contribution in [0.1, 0.15) is 33.2 Å². The SMILES string of the molecule is CCOC(=O)Nc1ccc2c(COC(=O)c3ccccc3NC(=O)c3ccsc3)cc(=O)oc2c1. The van der Waals surface area contributed by atoms with Crippen LogP contribution in [-0.2, 0) is 16.1 Å². The maximum Gasteiger partial charge on any atom is 0.411 e. The smallest absolute Gasteiger partial charge is 0.411 e. The van der Waals surface area contributed by atoms with Gasteiger partial charge in [0.25, 0.3) is 5.91 Å². The van der Waals surface area contributed by atoms with E-state index in [9.17, 15) is 19.2 Å². The second kappa shape index (κ2) is 10.7. The molecule has 2 aromatic heterocycles. The van der Waals surface area contributed by atoms with Crippen molar-refractivity contribution in [3.8, 4) is 0 Å². The van der Waals surface area contributed by atoms with Gasteiger partial charge in [0, 0.05) is 34.1 Å². The Kier molecular flexibility index (Phi) is 7.22. The monoisotopic (exact) mass is 492 g/mol. The summed E-state index contributed by atoms with van der Waals surface area (Å²) >= 11 is 1.39. The Labute approximate surface area is 203 Å². The number of carbonyl (C=O) groups is 3. The zero-order chi connectivity index (χ0) is 24.8. The van der Waals surface area contributed by atoms with Crippen molar-refractivity contribution in [3.05, 3.63) is 92.5 Å². The molecule has 4 rings (SSSR count). The number of anilines is 2. The number of nitrogens with one attached hydrogen (secondary N) is 2. The van der Waals surface area contributed by atoms with Crippen LogP contribution in [0.4, 0.5) is 16.2 Å². The highest BCUT2D eigenvalue weighted by molar-refractivity contribution is 7.08. The Hall–Kier alpha value is -4.44. The van der Waals surface area contributed by atoms with Crippen LogP contribution in [0.25, 0.3) is 11.0 Å². The first-order valence-electron chi connectivity index (χ1n) is 10.5. The number of fused-ring (bicyclic) bond motifs is 1. The minimum atomic E-state index is -0.673. The molecule has 2 N–H and O–H groups in total. The number of rotatable bonds is 7. The van der Waals surface area contributed by atoms with E-state index in [4.69, 9.17) is 13.9 Å². The number of hydrogen-bond acceptors (Lipinski definition) is 8. The van der Waals surface area contributed by atoms with E-state index in [-0.39, 0.29) is 30.3 Å². The normalized spacial score (nSPS) is 10.5. The lowest BCUT2D eigenvalue weighted by molar-refractivity contribution is 0.0475. The molecule has 0 fully saturated rings. The van der Waals surface area contributed by atoms with Gasteiger partial charge < -0.3 is 19.2 Å². The summed E-state index contributed by atoms with van der Waals surface area (Å²) in [4.78, 5) is 49.0. The van der Waals surface area contributed by atoms with E-state index < -0.39 is 17.7 Å². The highest BCUT2D eigenvalue weighted by atomic mass is 32.1. The fourth-order valence-corrected chi connectivity index (χ4v) is 3.93. The average molecular weight is 493 g/mol. The summed E-state index contributed by atoms with van der Waals surface area (Å²) in [6.45, 7) is 1.69. The molecule has 2 amide bonds. The van der Waals surface area contributed by atoms with Crippen molar-refractivity contribution < 1.29 is 28.3 Å². The van der Waals surface area contributed by atoms with Gasteiger partial charge >= 0.3 is 17.7 Å². The van der Waals surface area contributed by atoms with Crippen LogP contribution >= 0.6 is 11.3 Å². The summed E-state index contributed by atoms with van der Waals surface area (Å²) in [7, 11) is 0. The molecule has 4 aromatic rings. The van der Waals surface area contributed by atoms with Crippen LogP contribution in [0, 0.1) is 0 Å². The lowest BCUT2D eigenvalue weighted by atomic mass is 10.1. The fraction of sp³-hybridized carbons (Fsp3) is 0.120. The molecule has 178 valence electrons. The summed E-state index contributed by atoms with van der Waals surface area (Å²) in [6, 6.07) is 14.1. The minimum Gasteiger partial charge on any atom is -0.457 e. The van der Waals surface area contributed by atoms with E-state index >= 15 is 0 Å². The predicted octanol–water partition coefficient (Wildman–Crippen LogP) is 5.03. The number of esters is 1. The molecule has 0 saturated carbocycles. The molecule has 0 aliphatic heterocycles. The lowest BCUT2D eigenvalue weighted by Crippen LogP contribution is -2.15. The third-order valence-corrected chi connectivity index (χ3v) is 5.57. The first-order chi connectivity index (χ1) is 16.9. The second-order valence-corrected chi connectivity index (χ2v) is 8.01. The molecule has 0 aliphatic carbocycles. The molecule has 0 saturated heterocycles. The Morgan fingerprint density at radius 3 is 2.60 bits per heavy atom. The van der Waals surface area contributed by atoms with Crippen LogP contribution in [0.5, 0.6) is 0 Å². The fourth-order valence-electron chi connectivity index (χ4n) is 3.29. The van der Waals surface area contributed by atoms with Gasteiger partial charge in [-0.15, -0.1) is 0 Å². The predicted molar refractivity (Wildman–Crippen MR) is 131 cm³/mol. The van der Waals surface area contributed by atoms with Gasteiger partial charge in [-0.05, 0) is 42.6 Å². The molecule has 35 heavy (non-hydrogen) atoms. The second-order valence-electron chi connectivity index (χ2n) is 7.23. The van der Waals surface area contributed by atoms with E-state index in [1.54, 1.807) is 54.1 Å². The van der Waals surface area contributed by atoms with Crippen molar-refractivity contribution in [2.45, 2.75) is 13.5 Å². The standard InChI is InChI=1S/C25H20N2O7S/c1-2-32-25(31)26-17-7-8-18-16(11-22(28)34-21(18)12-17)13-33-24(30)19-5-3-4-6-20(19)27-23(29)15-9-10-35-14-15/h3-12,14H,2,13H2,1H3,(H,26,31)(H,27,29). The molecule has 2 aromatic carbocycles. The molecule has 10 heteroatoms. The average Bonchev–Trinajstić information content (AvgIpc) is 3.38. The molecule has 0 radical (unpaired) electrons. The molecular formula is C25H20N2O7S. The third kappa shape index (κ3) is 5.74. The summed E-state index contributed by atoms with van der Waals surface area (Å²) in [5.41, 5.74) is 1.33. The lowest BCUT2D eigenvalue weighted by Gasteiger charge is -2.12. The minimum absolute atomic E-state index is 0.171. The van der Waals surface area contributed by atoms with Gasteiger partial charge in [0.15, 0.2) is 0 Å². The Bertz CT molecular complexity index is 1440. The van der Waals surface area contributed by atoms with Crippen molar-refractivity contribution >= 4 is 51.7 Å². The summed E-state index contributed by atoms with van der Waals surface area (Å²) in [5, 5.41) is 9.27. The summed E-state index contributed by atoms with van der Waals surface area (Å²) in [6.07, 6.45) is -0.635. The van der Waals surface area contributed by atoms with E-state index in [2.05, 4.69) is 10.6 Å². The topological polar surface area (TPSA) is 124 Å². The Morgan fingerprint density at radius 2 is 1.83 bits per heavy atom. The highest BCUT2D eigenvalue weighted by Gasteiger charge is 2.17. The number of benzene rings is 2. The van der Waals surface area contributed by atoms with Gasteiger partial charge in [-0.3, -0.25) is 10.1 Å². The molecule has 2 heterocycles. The molecule has 0 spiro atoms. The van der Waals surface area contributed by atoms with Crippen LogP contribution in [0.15, 0.2) is 74.6 Å². The van der Waals surface area contributed by atoms with Gasteiger partial charge in [-0.2, -0.15) is 11.3 Å². The van der Waals surface area contributed by atoms with Crippen molar-refractivity contribution in [1.29, 1.82) is 0 Å². The third-order valence-electron chi connectivity index (χ3n) is 4.89. The molecule has 0 atom stereocenters. The maximum atomic E-state index is 12.8. The van der Waals surface area contributed by atoms with E-state index in [0.717, 1.165) is 0 Å². The summed E-state index contributed by atoms with van der Waals surface area (Å²) < 4.78 is 15.5. The molecular weight excluding hydrogens is 472 g/mol. The van der Waals surface area contributed by atoms with E-state index in [0.29, 0.717) is 27.9 Å².